The molecular formula is C85H150O17P2. The van der Waals surface area contributed by atoms with Gasteiger partial charge in [0.15, 0.2) is 12.2 Å². The molecule has 0 heterocycles. The number of rotatable bonds is 78. The SMILES string of the molecule is CCCCC/C=C\C/C=C\C/C=C\C/C=C\C/C=C\CCC(=O)OC[C@H](COP(=O)(O)OC[C@@H](O)COP(=O)(O)OC[C@@H](COC(=O)CCCCCCC/C=C\CCCCCCCC)OC(=O)CCCCCCCCC/C=C\CCCCCC)OC(=O)CCCCCCCCC/C=C\CCCCCC. The molecule has 0 bridgehead atoms. The molecule has 0 aliphatic carbocycles. The molecule has 0 spiro atoms. The molecule has 17 nitrogen and oxygen atoms in total. The summed E-state index contributed by atoms with van der Waals surface area (Å²) in [6, 6.07) is 0. The summed E-state index contributed by atoms with van der Waals surface area (Å²) >= 11 is 0. The Morgan fingerprint density at radius 1 is 0.269 bits per heavy atom. The fourth-order valence-electron chi connectivity index (χ4n) is 11.1. The first-order valence-corrected chi connectivity index (χ1v) is 44.5. The Morgan fingerprint density at radius 2 is 0.490 bits per heavy atom. The number of unbranched alkanes of at least 4 members (excludes halogenated alkanes) is 36. The van der Waals surface area contributed by atoms with E-state index in [0.29, 0.717) is 32.1 Å². The van der Waals surface area contributed by atoms with E-state index in [4.69, 9.17) is 37.0 Å². The standard InChI is InChI=1S/C85H150O17P2/c1-5-9-13-17-21-25-29-33-37-38-39-40-44-46-50-54-58-62-66-70-83(88)96-76-81(102-85(90)72-68-64-60-56-52-48-43-36-32-28-24-20-16-12-8-4)78-100-104(93,94)98-74-79(86)73-97-103(91,92)99-77-80(101-84(89)71-67-63-59-55-51-47-42-35-31-27-23-19-15-11-7-3)75-95-82(87)69-65-61-57-53-49-45-41-34-30-26-22-18-14-10-6-2/h21,25,27-28,31-34,37,39-41,46,50,58,62,79-81,86H,5-20,22-24,26,29-30,35-36,38,42-45,47-49,51-57,59-61,63-78H2,1-4H3,(H,91,92)(H,93,94)/b25-21-,31-27-,32-28-,37-33-,40-39-,41-34-,50-46-,62-58-/t79-,80+,81+/m0/s1. The number of phosphoric ester groups is 2. The average molecular weight is 1510 g/mol. The minimum absolute atomic E-state index is 0.0378. The molecule has 0 saturated heterocycles. The largest absolute Gasteiger partial charge is 0.472 e. The molecule has 0 fully saturated rings. The highest BCUT2D eigenvalue weighted by molar-refractivity contribution is 7.47. The Hall–Kier alpha value is -4.02. The van der Waals surface area contributed by atoms with Crippen molar-refractivity contribution in [3.63, 3.8) is 0 Å². The molecule has 0 radical (unpaired) electrons. The molecule has 3 N–H and O–H groups in total. The van der Waals surface area contributed by atoms with Crippen LogP contribution in [-0.2, 0) is 65.4 Å². The molecule has 2 unspecified atom stereocenters. The molecule has 0 aromatic rings. The second-order valence-corrected chi connectivity index (χ2v) is 30.6. The molecular weight excluding hydrogens is 1350 g/mol. The van der Waals surface area contributed by atoms with E-state index in [1.165, 1.54) is 109 Å². The Balaban J connectivity index is 5.42. The quantitative estimate of drug-likeness (QED) is 0.0169. The maximum atomic E-state index is 13.1. The number of phosphoric acid groups is 2. The molecule has 0 aliphatic rings. The second-order valence-electron chi connectivity index (χ2n) is 27.7. The highest BCUT2D eigenvalue weighted by atomic mass is 31.2. The molecule has 0 amide bonds. The van der Waals surface area contributed by atoms with Crippen LogP contribution in [0.4, 0.5) is 0 Å². The zero-order valence-corrected chi connectivity index (χ0v) is 67.7. The lowest BCUT2D eigenvalue weighted by atomic mass is 10.1. The first-order valence-electron chi connectivity index (χ1n) is 41.5. The lowest BCUT2D eigenvalue weighted by Gasteiger charge is -2.21. The maximum absolute atomic E-state index is 13.1. The molecule has 5 atom stereocenters. The highest BCUT2D eigenvalue weighted by Gasteiger charge is 2.30. The third-order valence-corrected chi connectivity index (χ3v) is 19.4. The summed E-state index contributed by atoms with van der Waals surface area (Å²) in [6.07, 6.45) is 82.4. The number of aliphatic hydroxyl groups excluding tert-OH is 1. The van der Waals surface area contributed by atoms with Gasteiger partial charge in [0.25, 0.3) is 0 Å². The minimum atomic E-state index is -4.99. The zero-order valence-electron chi connectivity index (χ0n) is 65.9. The summed E-state index contributed by atoms with van der Waals surface area (Å²) in [5.74, 6) is -2.27. The van der Waals surface area contributed by atoms with Gasteiger partial charge in [-0.25, -0.2) is 9.13 Å². The van der Waals surface area contributed by atoms with E-state index in [1.54, 1.807) is 0 Å². The van der Waals surface area contributed by atoms with Crippen LogP contribution in [0.15, 0.2) is 97.2 Å². The van der Waals surface area contributed by atoms with E-state index in [-0.39, 0.29) is 25.7 Å². The smallest absolute Gasteiger partial charge is 0.462 e. The fourth-order valence-corrected chi connectivity index (χ4v) is 12.7. The average Bonchev–Trinajstić information content (AvgIpc) is 0.918. The van der Waals surface area contributed by atoms with Gasteiger partial charge >= 0.3 is 39.5 Å². The van der Waals surface area contributed by atoms with Crippen molar-refractivity contribution < 1.29 is 80.2 Å². The van der Waals surface area contributed by atoms with Crippen molar-refractivity contribution in [2.75, 3.05) is 39.6 Å². The van der Waals surface area contributed by atoms with Crippen molar-refractivity contribution in [2.24, 2.45) is 0 Å². The topological polar surface area (TPSA) is 237 Å². The monoisotopic (exact) mass is 1510 g/mol. The minimum Gasteiger partial charge on any atom is -0.462 e. The zero-order chi connectivity index (χ0) is 76.0. The van der Waals surface area contributed by atoms with Gasteiger partial charge in [0.1, 0.15) is 19.3 Å². The summed E-state index contributed by atoms with van der Waals surface area (Å²) in [5, 5.41) is 10.6. The number of aliphatic hydroxyl groups is 1. The van der Waals surface area contributed by atoms with E-state index < -0.39 is 97.5 Å². The number of hydrogen-bond acceptors (Lipinski definition) is 15. The number of ether oxygens (including phenoxy) is 4. The van der Waals surface area contributed by atoms with Crippen molar-refractivity contribution >= 4 is 39.5 Å². The molecule has 0 aliphatic heterocycles. The van der Waals surface area contributed by atoms with Crippen LogP contribution in [0.25, 0.3) is 0 Å². The van der Waals surface area contributed by atoms with Gasteiger partial charge in [-0.15, -0.1) is 0 Å². The van der Waals surface area contributed by atoms with Gasteiger partial charge in [0, 0.05) is 25.7 Å². The van der Waals surface area contributed by atoms with Gasteiger partial charge in [-0.3, -0.25) is 37.3 Å². The van der Waals surface area contributed by atoms with Crippen molar-refractivity contribution in [2.45, 2.75) is 380 Å². The van der Waals surface area contributed by atoms with Gasteiger partial charge in [0.05, 0.1) is 26.4 Å². The number of allylic oxidation sites excluding steroid dienone is 16. The first-order chi connectivity index (χ1) is 50.7. The van der Waals surface area contributed by atoms with Crippen LogP contribution in [0.2, 0.25) is 0 Å². The van der Waals surface area contributed by atoms with Gasteiger partial charge in [-0.2, -0.15) is 0 Å². The van der Waals surface area contributed by atoms with Gasteiger partial charge < -0.3 is 33.8 Å². The number of esters is 4. The van der Waals surface area contributed by atoms with Crippen LogP contribution >= 0.6 is 15.6 Å². The summed E-state index contributed by atoms with van der Waals surface area (Å²) < 4.78 is 68.6. The van der Waals surface area contributed by atoms with Gasteiger partial charge in [0.2, 0.25) is 0 Å². The normalized spacial score (nSPS) is 14.3. The summed E-state index contributed by atoms with van der Waals surface area (Å²) in [4.78, 5) is 73.1. The van der Waals surface area contributed by atoms with Crippen LogP contribution in [0.3, 0.4) is 0 Å². The molecule has 104 heavy (non-hydrogen) atoms. The van der Waals surface area contributed by atoms with E-state index in [1.807, 2.05) is 12.2 Å². The summed E-state index contributed by atoms with van der Waals surface area (Å²) in [6.45, 7) is 4.77. The van der Waals surface area contributed by atoms with Crippen LogP contribution in [0.1, 0.15) is 362 Å². The highest BCUT2D eigenvalue weighted by Crippen LogP contribution is 2.45. The van der Waals surface area contributed by atoms with Gasteiger partial charge in [-0.05, 0) is 141 Å². The Labute approximate surface area is 633 Å². The molecule has 602 valence electrons. The van der Waals surface area contributed by atoms with Crippen LogP contribution in [0, 0.1) is 0 Å². The lowest BCUT2D eigenvalue weighted by Crippen LogP contribution is -2.30. The number of carbonyl (C=O) groups is 4. The van der Waals surface area contributed by atoms with Crippen molar-refractivity contribution in [3.05, 3.63) is 97.2 Å². The molecule has 0 aromatic heterocycles. The second kappa shape index (κ2) is 77.1. The van der Waals surface area contributed by atoms with E-state index >= 15 is 0 Å². The number of carbonyl (C=O) groups excluding carboxylic acids is 4. The van der Waals surface area contributed by atoms with Gasteiger partial charge in [-0.1, -0.05) is 292 Å². The van der Waals surface area contributed by atoms with Crippen molar-refractivity contribution in [1.82, 2.24) is 0 Å². The molecule has 0 saturated carbocycles. The lowest BCUT2D eigenvalue weighted by molar-refractivity contribution is -0.161. The molecule has 19 heteroatoms. The third-order valence-electron chi connectivity index (χ3n) is 17.5. The molecule has 0 aromatic carbocycles. The Kier molecular flexibility index (Phi) is 74.2. The Bertz CT molecular complexity index is 2350. The van der Waals surface area contributed by atoms with Crippen LogP contribution in [0.5, 0.6) is 0 Å². The van der Waals surface area contributed by atoms with E-state index in [0.717, 1.165) is 167 Å². The third kappa shape index (κ3) is 76.2. The summed E-state index contributed by atoms with van der Waals surface area (Å²) in [7, 11) is -9.98. The van der Waals surface area contributed by atoms with E-state index in [2.05, 4.69) is 113 Å². The maximum Gasteiger partial charge on any atom is 0.472 e. The first kappa shape index (κ1) is 100.0. The van der Waals surface area contributed by atoms with Crippen LogP contribution in [-0.4, -0.2) is 96.7 Å². The van der Waals surface area contributed by atoms with Crippen molar-refractivity contribution in [3.8, 4) is 0 Å². The predicted octanol–water partition coefficient (Wildman–Crippen LogP) is 24.3. The van der Waals surface area contributed by atoms with E-state index in [9.17, 15) is 43.2 Å². The number of hydrogen-bond donors (Lipinski definition) is 3. The fraction of sp³-hybridized carbons (Fsp3) is 0.765. The molecule has 0 rings (SSSR count). The predicted molar refractivity (Wildman–Crippen MR) is 427 cm³/mol. The Morgan fingerprint density at radius 3 is 0.817 bits per heavy atom. The van der Waals surface area contributed by atoms with Crippen molar-refractivity contribution in [1.29, 1.82) is 0 Å². The van der Waals surface area contributed by atoms with Crippen LogP contribution < -0.4 is 0 Å². The summed E-state index contributed by atoms with van der Waals surface area (Å²) in [5.41, 5.74) is 0.